The fraction of sp³-hybridized carbons (Fsp3) is 0.353. The van der Waals surface area contributed by atoms with Gasteiger partial charge in [-0.3, -0.25) is 9.29 Å². The SMILES string of the molecule is COc1ccc(N([C@@H](C)C2CC2)S(=O)(=O)c2cncc(F)c2)cc1. The van der Waals surface area contributed by atoms with Gasteiger partial charge in [0.1, 0.15) is 16.5 Å². The van der Waals surface area contributed by atoms with E-state index in [-0.39, 0.29) is 10.9 Å². The number of aromatic nitrogens is 1. The van der Waals surface area contributed by atoms with E-state index in [1.807, 2.05) is 6.92 Å². The van der Waals surface area contributed by atoms with Crippen molar-refractivity contribution in [3.05, 3.63) is 48.5 Å². The van der Waals surface area contributed by atoms with Crippen molar-refractivity contribution in [3.8, 4) is 5.75 Å². The Balaban J connectivity index is 2.06. The summed E-state index contributed by atoms with van der Waals surface area (Å²) in [5.74, 6) is 0.274. The van der Waals surface area contributed by atoms with E-state index in [0.717, 1.165) is 25.1 Å². The molecule has 128 valence electrons. The molecule has 0 unspecified atom stereocenters. The lowest BCUT2D eigenvalue weighted by molar-refractivity contribution is 0.415. The van der Waals surface area contributed by atoms with Crippen LogP contribution in [-0.4, -0.2) is 26.6 Å². The molecular weight excluding hydrogens is 331 g/mol. The second kappa shape index (κ2) is 6.39. The van der Waals surface area contributed by atoms with Gasteiger partial charge < -0.3 is 4.74 Å². The molecule has 3 rings (SSSR count). The van der Waals surface area contributed by atoms with Crippen LogP contribution < -0.4 is 9.04 Å². The van der Waals surface area contributed by atoms with E-state index in [1.54, 1.807) is 31.4 Å². The summed E-state index contributed by atoms with van der Waals surface area (Å²) in [6, 6.07) is 7.59. The third-order valence-corrected chi connectivity index (χ3v) is 6.12. The summed E-state index contributed by atoms with van der Waals surface area (Å²) >= 11 is 0. The van der Waals surface area contributed by atoms with Crippen LogP contribution >= 0.6 is 0 Å². The van der Waals surface area contributed by atoms with E-state index in [2.05, 4.69) is 4.98 Å². The zero-order valence-electron chi connectivity index (χ0n) is 13.5. The predicted octanol–water partition coefficient (Wildman–Crippen LogP) is 3.22. The van der Waals surface area contributed by atoms with Crippen LogP contribution in [0.15, 0.2) is 47.6 Å². The second-order valence-electron chi connectivity index (χ2n) is 5.92. The standard InChI is InChI=1S/C17H19FN2O3S/c1-12(13-3-4-13)20(15-5-7-16(23-2)8-6-15)24(21,22)17-9-14(18)10-19-11-17/h5-13H,3-4H2,1-2H3/t12-/m0/s1. The second-order valence-corrected chi connectivity index (χ2v) is 7.73. The van der Waals surface area contributed by atoms with Gasteiger partial charge >= 0.3 is 0 Å². The monoisotopic (exact) mass is 350 g/mol. The number of rotatable bonds is 6. The van der Waals surface area contributed by atoms with Crippen molar-refractivity contribution in [1.29, 1.82) is 0 Å². The zero-order valence-corrected chi connectivity index (χ0v) is 14.3. The minimum Gasteiger partial charge on any atom is -0.497 e. The molecule has 1 heterocycles. The molecule has 2 aromatic rings. The molecule has 1 fully saturated rings. The quantitative estimate of drug-likeness (QED) is 0.803. The zero-order chi connectivity index (χ0) is 17.3. The average Bonchev–Trinajstić information content (AvgIpc) is 3.40. The van der Waals surface area contributed by atoms with Gasteiger partial charge in [0.05, 0.1) is 19.0 Å². The number of hydrogen-bond acceptors (Lipinski definition) is 4. The molecule has 1 saturated carbocycles. The first kappa shape index (κ1) is 16.7. The number of anilines is 1. The minimum absolute atomic E-state index is 0.147. The third kappa shape index (κ3) is 3.21. The number of pyridine rings is 1. The number of sulfonamides is 1. The van der Waals surface area contributed by atoms with E-state index in [4.69, 9.17) is 4.74 Å². The van der Waals surface area contributed by atoms with Crippen LogP contribution in [0.1, 0.15) is 19.8 Å². The lowest BCUT2D eigenvalue weighted by Gasteiger charge is -2.30. The maximum absolute atomic E-state index is 13.5. The Hall–Kier alpha value is -2.15. The van der Waals surface area contributed by atoms with Crippen molar-refractivity contribution in [3.63, 3.8) is 0 Å². The van der Waals surface area contributed by atoms with Crippen molar-refractivity contribution >= 4 is 15.7 Å². The fourth-order valence-corrected chi connectivity index (χ4v) is 4.43. The van der Waals surface area contributed by atoms with Gasteiger partial charge in [0.2, 0.25) is 0 Å². The predicted molar refractivity (Wildman–Crippen MR) is 89.0 cm³/mol. The highest BCUT2D eigenvalue weighted by Crippen LogP contribution is 2.39. The van der Waals surface area contributed by atoms with Gasteiger partial charge in [0, 0.05) is 12.2 Å². The summed E-state index contributed by atoms with van der Waals surface area (Å²) in [4.78, 5) is 3.53. The molecule has 7 heteroatoms. The number of nitrogens with zero attached hydrogens (tertiary/aromatic N) is 2. The van der Waals surface area contributed by atoms with Crippen LogP contribution in [0, 0.1) is 11.7 Å². The Labute approximate surface area is 141 Å². The largest absolute Gasteiger partial charge is 0.497 e. The Bertz CT molecular complexity index is 820. The van der Waals surface area contributed by atoms with Gasteiger partial charge in [-0.2, -0.15) is 0 Å². The van der Waals surface area contributed by atoms with Crippen LogP contribution in [0.4, 0.5) is 10.1 Å². The van der Waals surface area contributed by atoms with E-state index < -0.39 is 15.8 Å². The number of hydrogen-bond donors (Lipinski definition) is 0. The number of halogens is 1. The van der Waals surface area contributed by atoms with Gasteiger partial charge in [0.15, 0.2) is 0 Å². The molecule has 0 N–H and O–H groups in total. The molecule has 0 radical (unpaired) electrons. The minimum atomic E-state index is -3.91. The van der Waals surface area contributed by atoms with Crippen molar-refractivity contribution in [2.75, 3.05) is 11.4 Å². The summed E-state index contributed by atoms with van der Waals surface area (Å²) in [5, 5.41) is 0. The van der Waals surface area contributed by atoms with Gasteiger partial charge in [-0.05, 0) is 56.0 Å². The molecule has 0 bridgehead atoms. The average molecular weight is 350 g/mol. The summed E-state index contributed by atoms with van der Waals surface area (Å²) in [6.07, 6.45) is 4.14. The molecule has 1 aliphatic carbocycles. The van der Waals surface area contributed by atoms with E-state index in [0.29, 0.717) is 17.4 Å². The van der Waals surface area contributed by atoms with Crippen molar-refractivity contribution in [2.45, 2.75) is 30.7 Å². The first-order chi connectivity index (χ1) is 11.4. The van der Waals surface area contributed by atoms with Gasteiger partial charge in [0.25, 0.3) is 10.0 Å². The number of benzene rings is 1. The molecule has 0 aliphatic heterocycles. The first-order valence-corrected chi connectivity index (χ1v) is 9.16. The van der Waals surface area contributed by atoms with Crippen molar-refractivity contribution < 1.29 is 17.5 Å². The molecule has 0 spiro atoms. The van der Waals surface area contributed by atoms with Gasteiger partial charge in [-0.15, -0.1) is 0 Å². The molecule has 1 aromatic heterocycles. The fourth-order valence-electron chi connectivity index (χ4n) is 2.74. The topological polar surface area (TPSA) is 59.5 Å². The first-order valence-electron chi connectivity index (χ1n) is 7.72. The van der Waals surface area contributed by atoms with Crippen LogP contribution in [0.2, 0.25) is 0 Å². The lowest BCUT2D eigenvalue weighted by Crippen LogP contribution is -2.40. The highest BCUT2D eigenvalue weighted by atomic mass is 32.2. The molecule has 24 heavy (non-hydrogen) atoms. The van der Waals surface area contributed by atoms with Gasteiger partial charge in [-0.25, -0.2) is 12.8 Å². The van der Waals surface area contributed by atoms with E-state index in [1.165, 1.54) is 10.5 Å². The lowest BCUT2D eigenvalue weighted by atomic mass is 10.2. The van der Waals surface area contributed by atoms with E-state index >= 15 is 0 Å². The van der Waals surface area contributed by atoms with Crippen LogP contribution in [-0.2, 0) is 10.0 Å². The normalized spacial score (nSPS) is 15.8. The Morgan fingerprint density at radius 2 is 1.92 bits per heavy atom. The molecule has 0 amide bonds. The Kier molecular flexibility index (Phi) is 4.45. The molecule has 1 aliphatic rings. The van der Waals surface area contributed by atoms with E-state index in [9.17, 15) is 12.8 Å². The number of ether oxygens (including phenoxy) is 1. The molecule has 1 aromatic carbocycles. The smallest absolute Gasteiger partial charge is 0.266 e. The molecular formula is C17H19FN2O3S. The molecule has 5 nitrogen and oxygen atoms in total. The van der Waals surface area contributed by atoms with Crippen LogP contribution in [0.3, 0.4) is 0 Å². The summed E-state index contributed by atoms with van der Waals surface area (Å²) < 4.78 is 46.2. The van der Waals surface area contributed by atoms with Gasteiger partial charge in [-0.1, -0.05) is 0 Å². The summed E-state index contributed by atoms with van der Waals surface area (Å²) in [7, 11) is -2.36. The molecule has 1 atom stereocenters. The highest BCUT2D eigenvalue weighted by Gasteiger charge is 2.38. The molecule has 0 saturated heterocycles. The Morgan fingerprint density at radius 3 is 2.46 bits per heavy atom. The van der Waals surface area contributed by atoms with Crippen LogP contribution in [0.5, 0.6) is 5.75 Å². The maximum atomic E-state index is 13.5. The Morgan fingerprint density at radius 1 is 1.25 bits per heavy atom. The highest BCUT2D eigenvalue weighted by molar-refractivity contribution is 7.92. The third-order valence-electron chi connectivity index (χ3n) is 4.24. The maximum Gasteiger partial charge on any atom is 0.266 e. The van der Waals surface area contributed by atoms with Crippen molar-refractivity contribution in [1.82, 2.24) is 4.98 Å². The summed E-state index contributed by atoms with van der Waals surface area (Å²) in [6.45, 7) is 1.88. The van der Waals surface area contributed by atoms with Crippen molar-refractivity contribution in [2.24, 2.45) is 5.92 Å². The van der Waals surface area contributed by atoms with Crippen LogP contribution in [0.25, 0.3) is 0 Å². The number of methoxy groups -OCH3 is 1. The summed E-state index contributed by atoms with van der Waals surface area (Å²) in [5.41, 5.74) is 0.527.